The van der Waals surface area contributed by atoms with Gasteiger partial charge in [0.15, 0.2) is 0 Å². The zero-order valence-corrected chi connectivity index (χ0v) is 21.2. The number of fused-ring (bicyclic) bond motifs is 1. The van der Waals surface area contributed by atoms with E-state index in [0.29, 0.717) is 48.2 Å². The fraction of sp³-hybridized carbons (Fsp3) is 0.286. The third kappa shape index (κ3) is 4.72. The molecule has 1 fully saturated rings. The van der Waals surface area contributed by atoms with Crippen molar-refractivity contribution in [3.63, 3.8) is 0 Å². The molecule has 1 aromatic heterocycles. The summed E-state index contributed by atoms with van der Waals surface area (Å²) in [6, 6.07) is 11.5. The molecule has 2 heterocycles. The minimum absolute atomic E-state index is 0.0931. The number of alkyl halides is 3. The van der Waals surface area contributed by atoms with Crippen LogP contribution in [0.4, 0.5) is 5.69 Å². The van der Waals surface area contributed by atoms with E-state index in [9.17, 15) is 13.2 Å². The highest BCUT2D eigenvalue weighted by Crippen LogP contribution is 2.34. The molecule has 176 valence electrons. The average Bonchev–Trinajstić information content (AvgIpc) is 3.21. The second-order valence-corrected chi connectivity index (χ2v) is 12.0. The molecule has 7 nitrogen and oxygen atoms in total. The van der Waals surface area contributed by atoms with Crippen molar-refractivity contribution in [2.75, 3.05) is 38.2 Å². The quantitative estimate of drug-likeness (QED) is 0.445. The first kappa shape index (κ1) is 24.3. The summed E-state index contributed by atoms with van der Waals surface area (Å²) in [6.45, 7) is 1.45. The molecule has 1 amide bonds. The third-order valence-corrected chi connectivity index (χ3v) is 7.88. The fourth-order valence-corrected chi connectivity index (χ4v) is 5.70. The number of hydrogen-bond donors (Lipinski definition) is 0. The van der Waals surface area contributed by atoms with E-state index in [1.165, 1.54) is 28.2 Å². The number of piperazine rings is 1. The minimum Gasteiger partial charge on any atom is -0.495 e. The molecule has 1 aliphatic heterocycles. The topological polar surface area (TPSA) is 71.9 Å². The van der Waals surface area contributed by atoms with Gasteiger partial charge in [-0.1, -0.05) is 52.5 Å². The van der Waals surface area contributed by atoms with Gasteiger partial charge in [0.05, 0.1) is 23.2 Å². The molecule has 12 heteroatoms. The Balaban J connectivity index is 1.66. The van der Waals surface area contributed by atoms with E-state index in [1.807, 2.05) is 4.90 Å². The molecule has 0 unspecified atom stereocenters. The Labute approximate surface area is 211 Å². The lowest BCUT2D eigenvalue weighted by molar-refractivity contribution is -0.130. The van der Waals surface area contributed by atoms with E-state index in [4.69, 9.17) is 51.1 Å². The van der Waals surface area contributed by atoms with E-state index < -0.39 is 19.7 Å². The number of ether oxygens (including phenoxy) is 1. The molecule has 3 aromatic rings. The maximum absolute atomic E-state index is 13.5. The van der Waals surface area contributed by atoms with Crippen LogP contribution in [0, 0.1) is 0 Å². The SMILES string of the molecule is COc1ccc(S(=O)(=O)n2ccc3ccc(Cl)cc32)cc1N1CCN(C(=O)C(Cl)(Cl)Cl)CC1. The number of carbonyl (C=O) groups excluding carboxylic acids is 1. The van der Waals surface area contributed by atoms with Gasteiger partial charge in [0.2, 0.25) is 0 Å². The van der Waals surface area contributed by atoms with Gasteiger partial charge in [-0.2, -0.15) is 0 Å². The first-order valence-electron chi connectivity index (χ1n) is 9.83. The van der Waals surface area contributed by atoms with Crippen molar-refractivity contribution in [1.29, 1.82) is 0 Å². The molecular weight excluding hydrogens is 532 g/mol. The van der Waals surface area contributed by atoms with Crippen molar-refractivity contribution in [2.24, 2.45) is 0 Å². The highest BCUT2D eigenvalue weighted by Gasteiger charge is 2.37. The molecule has 0 bridgehead atoms. The third-order valence-electron chi connectivity index (χ3n) is 5.48. The molecule has 2 aromatic carbocycles. The first-order chi connectivity index (χ1) is 15.5. The van der Waals surface area contributed by atoms with E-state index in [-0.39, 0.29) is 4.90 Å². The Hall–Kier alpha value is -1.84. The van der Waals surface area contributed by atoms with Crippen molar-refractivity contribution < 1.29 is 17.9 Å². The summed E-state index contributed by atoms with van der Waals surface area (Å²) in [6.07, 6.45) is 1.50. The second-order valence-electron chi connectivity index (χ2n) is 7.43. The van der Waals surface area contributed by atoms with Gasteiger partial charge < -0.3 is 14.5 Å². The lowest BCUT2D eigenvalue weighted by Gasteiger charge is -2.37. The zero-order valence-electron chi connectivity index (χ0n) is 17.3. The van der Waals surface area contributed by atoms with Crippen LogP contribution >= 0.6 is 46.4 Å². The van der Waals surface area contributed by atoms with Crippen LogP contribution in [-0.2, 0) is 14.8 Å². The van der Waals surface area contributed by atoms with E-state index in [2.05, 4.69) is 0 Å². The predicted molar refractivity (Wildman–Crippen MR) is 132 cm³/mol. The van der Waals surface area contributed by atoms with Crippen LogP contribution < -0.4 is 9.64 Å². The molecule has 0 spiro atoms. The van der Waals surface area contributed by atoms with Gasteiger partial charge in [-0.3, -0.25) is 4.79 Å². The van der Waals surface area contributed by atoms with Gasteiger partial charge in [-0.05, 0) is 36.4 Å². The fourth-order valence-electron chi connectivity index (χ4n) is 3.81. The van der Waals surface area contributed by atoms with Crippen LogP contribution in [0.5, 0.6) is 5.75 Å². The number of carbonyl (C=O) groups is 1. The summed E-state index contributed by atoms with van der Waals surface area (Å²) < 4.78 is 31.6. The Morgan fingerprint density at radius 1 is 1.00 bits per heavy atom. The van der Waals surface area contributed by atoms with Crippen molar-refractivity contribution in [2.45, 2.75) is 8.69 Å². The highest BCUT2D eigenvalue weighted by atomic mass is 35.6. The number of amides is 1. The number of hydrogen-bond acceptors (Lipinski definition) is 5. The Morgan fingerprint density at radius 2 is 1.70 bits per heavy atom. The smallest absolute Gasteiger partial charge is 0.274 e. The highest BCUT2D eigenvalue weighted by molar-refractivity contribution is 7.90. The van der Waals surface area contributed by atoms with Crippen LogP contribution in [0.15, 0.2) is 53.6 Å². The molecule has 0 atom stereocenters. The maximum atomic E-state index is 13.5. The van der Waals surface area contributed by atoms with Crippen LogP contribution in [0.1, 0.15) is 0 Å². The van der Waals surface area contributed by atoms with Crippen molar-refractivity contribution in [3.05, 3.63) is 53.7 Å². The average molecular weight is 551 g/mol. The van der Waals surface area contributed by atoms with Crippen LogP contribution in [0.3, 0.4) is 0 Å². The summed E-state index contributed by atoms with van der Waals surface area (Å²) in [5, 5.41) is 1.20. The maximum Gasteiger partial charge on any atom is 0.274 e. The van der Waals surface area contributed by atoms with E-state index >= 15 is 0 Å². The molecule has 1 aliphatic rings. The molecule has 0 N–H and O–H groups in total. The number of anilines is 1. The van der Waals surface area contributed by atoms with Crippen molar-refractivity contribution >= 4 is 78.9 Å². The molecule has 4 rings (SSSR count). The molecule has 33 heavy (non-hydrogen) atoms. The summed E-state index contributed by atoms with van der Waals surface area (Å²) in [5.74, 6) is -0.0795. The first-order valence-corrected chi connectivity index (χ1v) is 12.8. The Morgan fingerprint density at radius 3 is 2.33 bits per heavy atom. The van der Waals surface area contributed by atoms with Gasteiger partial charge in [-0.15, -0.1) is 0 Å². The lowest BCUT2D eigenvalue weighted by atomic mass is 10.2. The van der Waals surface area contributed by atoms with E-state index in [1.54, 1.807) is 36.4 Å². The monoisotopic (exact) mass is 549 g/mol. The van der Waals surface area contributed by atoms with Gasteiger partial charge in [0, 0.05) is 42.8 Å². The standard InChI is InChI=1S/C21H19Cl4N3O4S/c1-32-19-5-4-16(33(30,31)28-7-6-14-2-3-15(22)12-17(14)28)13-18(19)26-8-10-27(11-9-26)20(29)21(23,24)25/h2-7,12-13H,8-11H2,1H3. The summed E-state index contributed by atoms with van der Waals surface area (Å²) in [4.78, 5) is 15.7. The number of benzene rings is 2. The van der Waals surface area contributed by atoms with Crippen molar-refractivity contribution in [1.82, 2.24) is 8.87 Å². The second kappa shape index (κ2) is 9.07. The van der Waals surface area contributed by atoms with Crippen LogP contribution in [0.2, 0.25) is 5.02 Å². The van der Waals surface area contributed by atoms with Crippen LogP contribution in [-0.4, -0.2) is 60.3 Å². The largest absolute Gasteiger partial charge is 0.495 e. The molecule has 0 radical (unpaired) electrons. The molecule has 1 saturated heterocycles. The Bertz CT molecular complexity index is 1310. The molecule has 0 aliphatic carbocycles. The predicted octanol–water partition coefficient (Wildman–Crippen LogP) is 4.56. The van der Waals surface area contributed by atoms with Gasteiger partial charge >= 0.3 is 0 Å². The normalized spacial score (nSPS) is 15.2. The lowest BCUT2D eigenvalue weighted by Crippen LogP contribution is -2.51. The molecular formula is C21H19Cl4N3O4S. The number of halogens is 4. The zero-order chi connectivity index (χ0) is 24.0. The number of aromatic nitrogens is 1. The van der Waals surface area contributed by atoms with Crippen LogP contribution in [0.25, 0.3) is 10.9 Å². The number of rotatable bonds is 4. The number of methoxy groups -OCH3 is 1. The summed E-state index contributed by atoms with van der Waals surface area (Å²) >= 11 is 23.2. The molecule has 0 saturated carbocycles. The van der Waals surface area contributed by atoms with E-state index in [0.717, 1.165) is 5.39 Å². The van der Waals surface area contributed by atoms with Gasteiger partial charge in [0.1, 0.15) is 5.75 Å². The summed E-state index contributed by atoms with van der Waals surface area (Å²) in [5.41, 5.74) is 1.08. The van der Waals surface area contributed by atoms with Gasteiger partial charge in [0.25, 0.3) is 19.7 Å². The van der Waals surface area contributed by atoms with Crippen molar-refractivity contribution in [3.8, 4) is 5.75 Å². The van der Waals surface area contributed by atoms with Gasteiger partial charge in [-0.25, -0.2) is 12.4 Å². The Kier molecular flexibility index (Phi) is 6.68. The summed E-state index contributed by atoms with van der Waals surface area (Å²) in [7, 11) is -2.40. The number of nitrogens with zero attached hydrogens (tertiary/aromatic N) is 3. The minimum atomic E-state index is -3.91.